The summed E-state index contributed by atoms with van der Waals surface area (Å²) in [6.45, 7) is 3.78. The van der Waals surface area contributed by atoms with Crippen molar-refractivity contribution in [2.75, 3.05) is 0 Å². The van der Waals surface area contributed by atoms with Crippen molar-refractivity contribution < 1.29 is 14.4 Å². The Kier molecular flexibility index (Phi) is 7.17. The molecule has 0 aliphatic rings. The first-order valence-corrected chi connectivity index (χ1v) is 10.0. The second-order valence-corrected chi connectivity index (χ2v) is 7.34. The van der Waals surface area contributed by atoms with Gasteiger partial charge in [0.05, 0.1) is 0 Å². The third-order valence-electron chi connectivity index (χ3n) is 4.87. The van der Waals surface area contributed by atoms with Crippen molar-refractivity contribution in [1.82, 2.24) is 16.2 Å². The zero-order valence-corrected chi connectivity index (χ0v) is 17.5. The van der Waals surface area contributed by atoms with Gasteiger partial charge in [0.1, 0.15) is 6.04 Å². The van der Waals surface area contributed by atoms with Crippen LogP contribution in [-0.4, -0.2) is 23.8 Å². The number of amides is 3. The second kappa shape index (κ2) is 10.2. The van der Waals surface area contributed by atoms with Gasteiger partial charge >= 0.3 is 0 Å². The number of hydrogen-bond donors (Lipinski definition) is 3. The summed E-state index contributed by atoms with van der Waals surface area (Å²) >= 11 is 0. The van der Waals surface area contributed by atoms with E-state index in [2.05, 4.69) is 16.2 Å². The molecule has 158 valence electrons. The normalized spacial score (nSPS) is 11.3. The molecule has 3 aromatic carbocycles. The summed E-state index contributed by atoms with van der Waals surface area (Å²) in [4.78, 5) is 37.9. The minimum atomic E-state index is -0.866. The van der Waals surface area contributed by atoms with Crippen molar-refractivity contribution in [2.45, 2.75) is 26.3 Å². The minimum Gasteiger partial charge on any atom is -0.340 e. The molecule has 0 aromatic heterocycles. The summed E-state index contributed by atoms with van der Waals surface area (Å²) in [7, 11) is 0. The van der Waals surface area contributed by atoms with E-state index in [-0.39, 0.29) is 12.3 Å². The highest BCUT2D eigenvalue weighted by atomic mass is 16.2. The van der Waals surface area contributed by atoms with Crippen molar-refractivity contribution in [3.05, 3.63) is 107 Å². The van der Waals surface area contributed by atoms with Crippen molar-refractivity contribution in [3.63, 3.8) is 0 Å². The fourth-order valence-electron chi connectivity index (χ4n) is 3.23. The first kappa shape index (κ1) is 21.8. The molecule has 0 aliphatic carbocycles. The largest absolute Gasteiger partial charge is 0.340 e. The third kappa shape index (κ3) is 6.02. The van der Waals surface area contributed by atoms with Crippen LogP contribution in [-0.2, 0) is 11.2 Å². The lowest BCUT2D eigenvalue weighted by Gasteiger charge is -2.19. The molecule has 0 bridgehead atoms. The Bertz CT molecular complexity index is 1070. The maximum Gasteiger partial charge on any atom is 0.269 e. The van der Waals surface area contributed by atoms with Crippen LogP contribution in [0.2, 0.25) is 0 Å². The predicted molar refractivity (Wildman–Crippen MR) is 119 cm³/mol. The van der Waals surface area contributed by atoms with E-state index in [1.165, 1.54) is 0 Å². The maximum atomic E-state index is 12.8. The SMILES string of the molecule is Cc1ccc(C(=O)NNC(=O)[C@@H](Cc2ccccc2)NC(=O)c2ccccc2)c(C)c1. The molecular formula is C25H25N3O3. The predicted octanol–water partition coefficient (Wildman–Crippen LogP) is 3.11. The molecule has 1 atom stereocenters. The molecule has 3 rings (SSSR count). The number of hydrogen-bond acceptors (Lipinski definition) is 3. The average molecular weight is 415 g/mol. The number of benzene rings is 3. The molecule has 0 fully saturated rings. The molecule has 3 amide bonds. The van der Waals surface area contributed by atoms with Gasteiger partial charge in [0.25, 0.3) is 17.7 Å². The lowest BCUT2D eigenvalue weighted by atomic mass is 10.0. The summed E-state index contributed by atoms with van der Waals surface area (Å²) in [5.41, 5.74) is 8.56. The zero-order chi connectivity index (χ0) is 22.2. The summed E-state index contributed by atoms with van der Waals surface area (Å²) in [6, 6.07) is 22.6. The molecule has 0 saturated heterocycles. The standard InChI is InChI=1S/C25H25N3O3/c1-17-13-14-21(18(2)15-17)24(30)27-28-25(31)22(16-19-9-5-3-6-10-19)26-23(29)20-11-7-4-8-12-20/h3-15,22H,16H2,1-2H3,(H,26,29)(H,27,30)(H,28,31)/t22-/m1/s1. The topological polar surface area (TPSA) is 87.3 Å². The van der Waals surface area contributed by atoms with E-state index in [4.69, 9.17) is 0 Å². The highest BCUT2D eigenvalue weighted by Crippen LogP contribution is 2.10. The van der Waals surface area contributed by atoms with Gasteiger partial charge in [-0.25, -0.2) is 0 Å². The quantitative estimate of drug-likeness (QED) is 0.541. The first-order valence-electron chi connectivity index (χ1n) is 10.0. The highest BCUT2D eigenvalue weighted by Gasteiger charge is 2.23. The fraction of sp³-hybridized carbons (Fsp3) is 0.160. The van der Waals surface area contributed by atoms with Crippen LogP contribution in [0.25, 0.3) is 0 Å². The number of nitrogens with one attached hydrogen (secondary N) is 3. The summed E-state index contributed by atoms with van der Waals surface area (Å²) in [5.74, 6) is -1.29. The summed E-state index contributed by atoms with van der Waals surface area (Å²) < 4.78 is 0. The molecule has 0 aliphatic heterocycles. The number of hydrazine groups is 1. The smallest absolute Gasteiger partial charge is 0.269 e. The minimum absolute atomic E-state index is 0.282. The molecule has 31 heavy (non-hydrogen) atoms. The van der Waals surface area contributed by atoms with Crippen LogP contribution in [0.4, 0.5) is 0 Å². The Labute approximate surface area is 181 Å². The second-order valence-electron chi connectivity index (χ2n) is 7.34. The summed E-state index contributed by atoms with van der Waals surface area (Å²) in [6.07, 6.45) is 0.282. The van der Waals surface area contributed by atoms with Gasteiger partial charge in [-0.05, 0) is 43.2 Å². The van der Waals surface area contributed by atoms with Crippen molar-refractivity contribution in [3.8, 4) is 0 Å². The van der Waals surface area contributed by atoms with Crippen LogP contribution in [0.15, 0.2) is 78.9 Å². The molecule has 0 saturated carbocycles. The van der Waals surface area contributed by atoms with E-state index in [0.29, 0.717) is 11.1 Å². The monoisotopic (exact) mass is 415 g/mol. The van der Waals surface area contributed by atoms with Gasteiger partial charge < -0.3 is 5.32 Å². The fourth-order valence-corrected chi connectivity index (χ4v) is 3.23. The highest BCUT2D eigenvalue weighted by molar-refractivity contribution is 5.99. The molecule has 3 aromatic rings. The van der Waals surface area contributed by atoms with Crippen molar-refractivity contribution in [2.24, 2.45) is 0 Å². The molecular weight excluding hydrogens is 390 g/mol. The molecule has 0 heterocycles. The Balaban J connectivity index is 1.70. The Hall–Kier alpha value is -3.93. The van der Waals surface area contributed by atoms with Gasteiger partial charge in [-0.2, -0.15) is 0 Å². The van der Waals surface area contributed by atoms with E-state index >= 15 is 0 Å². The van der Waals surface area contributed by atoms with Crippen LogP contribution in [0.1, 0.15) is 37.4 Å². The number of carbonyl (C=O) groups excluding carboxylic acids is 3. The molecule has 6 heteroatoms. The molecule has 0 spiro atoms. The first-order chi connectivity index (χ1) is 14.9. The third-order valence-corrected chi connectivity index (χ3v) is 4.87. The van der Waals surface area contributed by atoms with E-state index in [0.717, 1.165) is 16.7 Å². The molecule has 3 N–H and O–H groups in total. The lowest BCUT2D eigenvalue weighted by molar-refractivity contribution is -0.123. The van der Waals surface area contributed by atoms with Crippen LogP contribution < -0.4 is 16.2 Å². The van der Waals surface area contributed by atoms with Gasteiger partial charge in [-0.15, -0.1) is 0 Å². The van der Waals surface area contributed by atoms with Gasteiger partial charge in [-0.3, -0.25) is 25.2 Å². The van der Waals surface area contributed by atoms with Crippen LogP contribution >= 0.6 is 0 Å². The zero-order valence-electron chi connectivity index (χ0n) is 17.5. The summed E-state index contributed by atoms with van der Waals surface area (Å²) in [5, 5.41) is 2.76. The Morgan fingerprint density at radius 2 is 1.42 bits per heavy atom. The van der Waals surface area contributed by atoms with Gasteiger partial charge in [0.2, 0.25) is 0 Å². The van der Waals surface area contributed by atoms with Crippen LogP contribution in [0.3, 0.4) is 0 Å². The van der Waals surface area contributed by atoms with Gasteiger partial charge in [-0.1, -0.05) is 66.2 Å². The van der Waals surface area contributed by atoms with Gasteiger partial charge in [0.15, 0.2) is 0 Å². The van der Waals surface area contributed by atoms with Crippen LogP contribution in [0, 0.1) is 13.8 Å². The van der Waals surface area contributed by atoms with E-state index in [9.17, 15) is 14.4 Å². The molecule has 0 radical (unpaired) electrons. The lowest BCUT2D eigenvalue weighted by Crippen LogP contribution is -2.53. The van der Waals surface area contributed by atoms with Gasteiger partial charge in [0, 0.05) is 17.5 Å². The average Bonchev–Trinajstić information content (AvgIpc) is 2.78. The van der Waals surface area contributed by atoms with Crippen molar-refractivity contribution in [1.29, 1.82) is 0 Å². The number of carbonyl (C=O) groups is 3. The Morgan fingerprint density at radius 3 is 2.06 bits per heavy atom. The number of rotatable bonds is 6. The van der Waals surface area contributed by atoms with Crippen molar-refractivity contribution >= 4 is 17.7 Å². The van der Waals surface area contributed by atoms with E-state index in [1.807, 2.05) is 62.4 Å². The number of aryl methyl sites for hydroxylation is 2. The molecule has 0 unspecified atom stereocenters. The van der Waals surface area contributed by atoms with E-state index in [1.54, 1.807) is 30.3 Å². The molecule has 6 nitrogen and oxygen atoms in total. The van der Waals surface area contributed by atoms with Crippen LogP contribution in [0.5, 0.6) is 0 Å². The Morgan fingerprint density at radius 1 is 0.774 bits per heavy atom. The maximum absolute atomic E-state index is 12.8. The van der Waals surface area contributed by atoms with E-state index < -0.39 is 17.9 Å².